The molecule has 1 aromatic carbocycles. The topological polar surface area (TPSA) is 97.3 Å². The Morgan fingerprint density at radius 2 is 2.00 bits per heavy atom. The molecule has 0 radical (unpaired) electrons. The molecule has 0 bridgehead atoms. The van der Waals surface area contributed by atoms with Crippen molar-refractivity contribution < 1.29 is 14.3 Å². The molecular formula is C25H27N5O3. The maximum atomic E-state index is 12.6. The number of rotatable bonds is 8. The van der Waals surface area contributed by atoms with Crippen molar-refractivity contribution in [2.75, 3.05) is 26.8 Å². The second-order valence-corrected chi connectivity index (χ2v) is 8.04. The van der Waals surface area contributed by atoms with Gasteiger partial charge >= 0.3 is 0 Å². The highest BCUT2D eigenvalue weighted by Gasteiger charge is 2.33. The van der Waals surface area contributed by atoms with E-state index in [1.807, 2.05) is 49.4 Å². The van der Waals surface area contributed by atoms with Crippen molar-refractivity contribution in [3.8, 4) is 22.5 Å². The number of ether oxygens (including phenoxy) is 1. The van der Waals surface area contributed by atoms with Crippen molar-refractivity contribution in [2.24, 2.45) is 5.92 Å². The Hall–Kier alpha value is -3.65. The molecule has 2 aromatic heterocycles. The zero-order valence-electron chi connectivity index (χ0n) is 18.8. The van der Waals surface area contributed by atoms with Crippen molar-refractivity contribution in [3.05, 3.63) is 66.2 Å². The van der Waals surface area contributed by atoms with E-state index in [2.05, 4.69) is 20.3 Å². The van der Waals surface area contributed by atoms with Gasteiger partial charge in [0.05, 0.1) is 23.9 Å². The van der Waals surface area contributed by atoms with E-state index >= 15 is 0 Å². The normalized spacial score (nSPS) is 15.6. The van der Waals surface area contributed by atoms with Gasteiger partial charge in [-0.05, 0) is 24.6 Å². The SMILES string of the molecule is COCCN1C[C@@H](C(=O)NCc2ccc(-c3nc(C)ncc3-c3ccccn3)cc2)CC1=O. The van der Waals surface area contributed by atoms with Crippen LogP contribution in [0.15, 0.2) is 54.9 Å². The monoisotopic (exact) mass is 445 g/mol. The van der Waals surface area contributed by atoms with Gasteiger partial charge in [0.1, 0.15) is 5.82 Å². The number of methoxy groups -OCH3 is 1. The molecule has 1 aliphatic rings. The Morgan fingerprint density at radius 3 is 2.73 bits per heavy atom. The minimum Gasteiger partial charge on any atom is -0.383 e. The highest BCUT2D eigenvalue weighted by atomic mass is 16.5. The Kier molecular flexibility index (Phi) is 7.04. The third-order valence-electron chi connectivity index (χ3n) is 5.69. The maximum Gasteiger partial charge on any atom is 0.225 e. The lowest BCUT2D eigenvalue weighted by atomic mass is 10.0. The summed E-state index contributed by atoms with van der Waals surface area (Å²) in [6.07, 6.45) is 3.80. The predicted octanol–water partition coefficient (Wildman–Crippen LogP) is 2.63. The summed E-state index contributed by atoms with van der Waals surface area (Å²) in [5.74, 6) is 0.266. The van der Waals surface area contributed by atoms with Gasteiger partial charge in [-0.3, -0.25) is 14.6 Å². The van der Waals surface area contributed by atoms with Gasteiger partial charge in [0.25, 0.3) is 0 Å². The molecule has 1 aliphatic heterocycles. The van der Waals surface area contributed by atoms with Gasteiger partial charge in [0.2, 0.25) is 11.8 Å². The summed E-state index contributed by atoms with van der Waals surface area (Å²) < 4.78 is 5.03. The molecule has 1 N–H and O–H groups in total. The van der Waals surface area contributed by atoms with Gasteiger partial charge in [0, 0.05) is 56.7 Å². The second kappa shape index (κ2) is 10.3. The number of hydrogen-bond acceptors (Lipinski definition) is 6. The molecule has 1 atom stereocenters. The maximum absolute atomic E-state index is 12.6. The molecule has 3 heterocycles. The second-order valence-electron chi connectivity index (χ2n) is 8.04. The first-order valence-electron chi connectivity index (χ1n) is 10.9. The minimum absolute atomic E-state index is 0.000377. The van der Waals surface area contributed by atoms with Crippen LogP contribution in [0.1, 0.15) is 17.8 Å². The first-order chi connectivity index (χ1) is 16.0. The standard InChI is InChI=1S/C25H27N5O3/c1-17-27-15-21(22-5-3-4-10-26-22)24(29-17)19-8-6-18(7-9-19)14-28-25(32)20-13-23(31)30(16-20)11-12-33-2/h3-10,15,20H,11-14,16H2,1-2H3,(H,28,32)/t20-/m0/s1. The van der Waals surface area contributed by atoms with E-state index < -0.39 is 0 Å². The number of benzene rings is 1. The highest BCUT2D eigenvalue weighted by Crippen LogP contribution is 2.29. The van der Waals surface area contributed by atoms with Crippen LogP contribution in [-0.4, -0.2) is 58.5 Å². The molecule has 8 nitrogen and oxygen atoms in total. The fourth-order valence-electron chi connectivity index (χ4n) is 3.88. The fraction of sp³-hybridized carbons (Fsp3) is 0.320. The van der Waals surface area contributed by atoms with Gasteiger partial charge in [-0.25, -0.2) is 9.97 Å². The number of carbonyl (C=O) groups excluding carboxylic acids is 2. The lowest BCUT2D eigenvalue weighted by Gasteiger charge is -2.16. The number of amides is 2. The molecule has 33 heavy (non-hydrogen) atoms. The van der Waals surface area contributed by atoms with Crippen LogP contribution >= 0.6 is 0 Å². The number of nitrogens with zero attached hydrogens (tertiary/aromatic N) is 4. The Labute approximate surface area is 193 Å². The van der Waals surface area contributed by atoms with Gasteiger partial charge in [-0.2, -0.15) is 0 Å². The lowest BCUT2D eigenvalue weighted by molar-refractivity contribution is -0.129. The fourth-order valence-corrected chi connectivity index (χ4v) is 3.88. The average molecular weight is 446 g/mol. The van der Waals surface area contributed by atoms with Crippen LogP contribution in [0.5, 0.6) is 0 Å². The Morgan fingerprint density at radius 1 is 1.18 bits per heavy atom. The largest absolute Gasteiger partial charge is 0.383 e. The number of carbonyl (C=O) groups is 2. The molecule has 0 aliphatic carbocycles. The van der Waals surface area contributed by atoms with Crippen molar-refractivity contribution >= 4 is 11.8 Å². The van der Waals surface area contributed by atoms with Crippen molar-refractivity contribution in [1.29, 1.82) is 0 Å². The van der Waals surface area contributed by atoms with Crippen LogP contribution < -0.4 is 5.32 Å². The first kappa shape index (κ1) is 22.5. The van der Waals surface area contributed by atoms with Crippen LogP contribution in [0.3, 0.4) is 0 Å². The van der Waals surface area contributed by atoms with E-state index in [-0.39, 0.29) is 24.2 Å². The smallest absolute Gasteiger partial charge is 0.225 e. The molecule has 3 aromatic rings. The molecule has 1 saturated heterocycles. The molecule has 1 fully saturated rings. The van der Waals surface area contributed by atoms with Gasteiger partial charge < -0.3 is 15.0 Å². The van der Waals surface area contributed by atoms with Crippen molar-refractivity contribution in [2.45, 2.75) is 19.9 Å². The molecule has 0 unspecified atom stereocenters. The summed E-state index contributed by atoms with van der Waals surface area (Å²) >= 11 is 0. The lowest BCUT2D eigenvalue weighted by Crippen LogP contribution is -2.33. The zero-order valence-corrected chi connectivity index (χ0v) is 18.8. The van der Waals surface area contributed by atoms with Crippen LogP contribution in [-0.2, 0) is 20.9 Å². The van der Waals surface area contributed by atoms with E-state index in [0.717, 1.165) is 28.1 Å². The number of likely N-dealkylation sites (tertiary alicyclic amines) is 1. The van der Waals surface area contributed by atoms with E-state index in [1.54, 1.807) is 24.4 Å². The first-order valence-corrected chi connectivity index (χ1v) is 10.9. The number of nitrogens with one attached hydrogen (secondary N) is 1. The van der Waals surface area contributed by atoms with Crippen LogP contribution in [0.2, 0.25) is 0 Å². The van der Waals surface area contributed by atoms with Crippen LogP contribution in [0.4, 0.5) is 0 Å². The molecule has 0 saturated carbocycles. The van der Waals surface area contributed by atoms with Gasteiger partial charge in [-0.1, -0.05) is 30.3 Å². The summed E-state index contributed by atoms with van der Waals surface area (Å²) in [4.78, 5) is 39.7. The summed E-state index contributed by atoms with van der Waals surface area (Å²) in [7, 11) is 1.60. The summed E-state index contributed by atoms with van der Waals surface area (Å²) in [5.41, 5.74) is 4.42. The summed E-state index contributed by atoms with van der Waals surface area (Å²) in [6.45, 7) is 3.69. The van der Waals surface area contributed by atoms with Crippen LogP contribution in [0.25, 0.3) is 22.5 Å². The van der Waals surface area contributed by atoms with Crippen LogP contribution in [0, 0.1) is 12.8 Å². The molecule has 2 amide bonds. The number of aryl methyl sites for hydroxylation is 1. The predicted molar refractivity (Wildman–Crippen MR) is 124 cm³/mol. The van der Waals surface area contributed by atoms with Crippen molar-refractivity contribution in [1.82, 2.24) is 25.2 Å². The molecule has 8 heteroatoms. The molecule has 0 spiro atoms. The Bertz CT molecular complexity index is 1120. The number of pyridine rings is 1. The van der Waals surface area contributed by atoms with Gasteiger partial charge in [-0.15, -0.1) is 0 Å². The van der Waals surface area contributed by atoms with Crippen molar-refractivity contribution in [3.63, 3.8) is 0 Å². The van der Waals surface area contributed by atoms with E-state index in [1.165, 1.54) is 0 Å². The van der Waals surface area contributed by atoms with Gasteiger partial charge in [0.15, 0.2) is 0 Å². The minimum atomic E-state index is -0.321. The number of hydrogen-bond donors (Lipinski definition) is 1. The molecular weight excluding hydrogens is 418 g/mol. The molecule has 4 rings (SSSR count). The summed E-state index contributed by atoms with van der Waals surface area (Å²) in [5, 5.41) is 2.96. The highest BCUT2D eigenvalue weighted by molar-refractivity contribution is 5.89. The average Bonchev–Trinajstić information content (AvgIpc) is 3.22. The third-order valence-corrected chi connectivity index (χ3v) is 5.69. The third kappa shape index (κ3) is 5.40. The van der Waals surface area contributed by atoms with E-state index in [9.17, 15) is 9.59 Å². The van der Waals surface area contributed by atoms with E-state index in [0.29, 0.717) is 32.1 Å². The number of aromatic nitrogens is 3. The molecule has 170 valence electrons. The quantitative estimate of drug-likeness (QED) is 0.573. The van der Waals surface area contributed by atoms with E-state index in [4.69, 9.17) is 4.74 Å². The Balaban J connectivity index is 1.41. The summed E-state index contributed by atoms with van der Waals surface area (Å²) in [6, 6.07) is 13.7. The zero-order chi connectivity index (χ0) is 23.2.